The molecule has 0 saturated carbocycles. The molecule has 1 aromatic carbocycles. The number of halogens is 1. The third-order valence-corrected chi connectivity index (χ3v) is 9.56. The Morgan fingerprint density at radius 2 is 2.00 bits per heavy atom. The molecule has 0 aliphatic carbocycles. The molecule has 0 aliphatic heterocycles. The van der Waals surface area contributed by atoms with E-state index in [1.807, 2.05) is 18.2 Å². The minimum Gasteiger partial charge on any atom is -0.417 e. The molecule has 0 fully saturated rings. The van der Waals surface area contributed by atoms with E-state index in [0.717, 1.165) is 21.9 Å². The standard InChI is InChI=1S/C16H25BrN2O2Si/c1-16(2,3)22(4,5)21-10-6-9-19-14-11-12(17)7-8-13(14)18-15(19)20/h7-8,11H,6,9-10H2,1-5H3,(H,18,20). The molecule has 122 valence electrons. The van der Waals surface area contributed by atoms with E-state index in [2.05, 4.69) is 54.8 Å². The van der Waals surface area contributed by atoms with E-state index < -0.39 is 8.32 Å². The first-order chi connectivity index (χ1) is 10.1. The highest BCUT2D eigenvalue weighted by atomic mass is 79.9. The minimum absolute atomic E-state index is 0.0552. The quantitative estimate of drug-likeness (QED) is 0.608. The highest BCUT2D eigenvalue weighted by Gasteiger charge is 2.36. The van der Waals surface area contributed by atoms with Gasteiger partial charge < -0.3 is 9.41 Å². The summed E-state index contributed by atoms with van der Waals surface area (Å²) < 4.78 is 8.94. The van der Waals surface area contributed by atoms with Gasteiger partial charge >= 0.3 is 5.69 Å². The van der Waals surface area contributed by atoms with Crippen LogP contribution < -0.4 is 5.69 Å². The summed E-state index contributed by atoms with van der Waals surface area (Å²) in [5, 5.41) is 0.218. The fraction of sp³-hybridized carbons (Fsp3) is 0.562. The molecule has 1 heterocycles. The Hall–Kier alpha value is -0.853. The minimum atomic E-state index is -1.71. The second-order valence-electron chi connectivity index (χ2n) is 7.21. The molecule has 0 atom stereocenters. The fourth-order valence-electron chi connectivity index (χ4n) is 2.11. The number of imidazole rings is 1. The zero-order valence-corrected chi connectivity index (χ0v) is 16.6. The Labute approximate surface area is 141 Å². The molecule has 0 spiro atoms. The molecule has 1 aromatic heterocycles. The van der Waals surface area contributed by atoms with E-state index in [4.69, 9.17) is 4.43 Å². The topological polar surface area (TPSA) is 47.0 Å². The second kappa shape index (κ2) is 6.33. The maximum atomic E-state index is 12.1. The summed E-state index contributed by atoms with van der Waals surface area (Å²) in [6.45, 7) is 12.6. The Morgan fingerprint density at radius 3 is 2.64 bits per heavy atom. The molecule has 0 aliphatic rings. The van der Waals surface area contributed by atoms with Crippen molar-refractivity contribution in [3.8, 4) is 0 Å². The van der Waals surface area contributed by atoms with Gasteiger partial charge in [-0.15, -0.1) is 0 Å². The van der Waals surface area contributed by atoms with Crippen LogP contribution in [0, 0.1) is 0 Å². The van der Waals surface area contributed by atoms with E-state index >= 15 is 0 Å². The zero-order chi connectivity index (χ0) is 16.5. The van der Waals surface area contributed by atoms with E-state index in [1.165, 1.54) is 0 Å². The van der Waals surface area contributed by atoms with Crippen molar-refractivity contribution in [2.45, 2.75) is 51.9 Å². The highest BCUT2D eigenvalue weighted by Crippen LogP contribution is 2.36. The van der Waals surface area contributed by atoms with E-state index in [0.29, 0.717) is 13.2 Å². The highest BCUT2D eigenvalue weighted by molar-refractivity contribution is 9.10. The largest absolute Gasteiger partial charge is 0.417 e. The Kier molecular flexibility index (Phi) is 5.04. The Bertz CT molecular complexity index is 713. The van der Waals surface area contributed by atoms with Crippen LogP contribution in [0.4, 0.5) is 0 Å². The van der Waals surface area contributed by atoms with Crippen molar-refractivity contribution in [1.82, 2.24) is 9.55 Å². The van der Waals surface area contributed by atoms with Gasteiger partial charge in [-0.1, -0.05) is 36.7 Å². The van der Waals surface area contributed by atoms with Crippen LogP contribution in [0.25, 0.3) is 11.0 Å². The first-order valence-corrected chi connectivity index (χ1v) is 11.3. The van der Waals surface area contributed by atoms with Crippen LogP contribution in [-0.2, 0) is 11.0 Å². The molecule has 0 amide bonds. The molecule has 4 nitrogen and oxygen atoms in total. The molecular formula is C16H25BrN2O2Si. The summed E-state index contributed by atoms with van der Waals surface area (Å²) >= 11 is 3.46. The number of hydrogen-bond donors (Lipinski definition) is 1. The molecule has 0 unspecified atom stereocenters. The summed E-state index contributed by atoms with van der Waals surface area (Å²) in [4.78, 5) is 15.0. The lowest BCUT2D eigenvalue weighted by atomic mass is 10.2. The van der Waals surface area contributed by atoms with Crippen LogP contribution in [0.3, 0.4) is 0 Å². The molecule has 22 heavy (non-hydrogen) atoms. The number of H-pyrrole nitrogens is 1. The average molecular weight is 385 g/mol. The molecule has 0 bridgehead atoms. The number of nitrogens with zero attached hydrogens (tertiary/aromatic N) is 1. The lowest BCUT2D eigenvalue weighted by molar-refractivity contribution is 0.275. The third-order valence-electron chi connectivity index (χ3n) is 4.53. The van der Waals surface area contributed by atoms with Gasteiger partial charge in [0.05, 0.1) is 11.0 Å². The van der Waals surface area contributed by atoms with Crippen LogP contribution in [0.15, 0.2) is 27.5 Å². The predicted octanol–water partition coefficient (Wildman–Crippen LogP) is 4.50. The maximum absolute atomic E-state index is 12.1. The summed E-state index contributed by atoms with van der Waals surface area (Å²) in [5.74, 6) is 0. The molecule has 0 radical (unpaired) electrons. The van der Waals surface area contributed by atoms with Gasteiger partial charge in [0.15, 0.2) is 8.32 Å². The normalized spacial score (nSPS) is 13.0. The average Bonchev–Trinajstić information content (AvgIpc) is 2.69. The van der Waals surface area contributed by atoms with Gasteiger partial charge in [-0.2, -0.15) is 0 Å². The van der Waals surface area contributed by atoms with Gasteiger partial charge in [0.2, 0.25) is 0 Å². The molecule has 6 heteroatoms. The number of fused-ring (bicyclic) bond motifs is 1. The molecule has 1 N–H and O–H groups in total. The van der Waals surface area contributed by atoms with E-state index in [-0.39, 0.29) is 10.7 Å². The van der Waals surface area contributed by atoms with Crippen molar-refractivity contribution in [1.29, 1.82) is 0 Å². The summed E-state index contributed by atoms with van der Waals surface area (Å²) in [5.41, 5.74) is 1.76. The smallest absolute Gasteiger partial charge is 0.326 e. The van der Waals surface area contributed by atoms with Gasteiger partial charge in [0, 0.05) is 17.6 Å². The van der Waals surface area contributed by atoms with Gasteiger partial charge in [0.25, 0.3) is 0 Å². The van der Waals surface area contributed by atoms with Crippen LogP contribution in [0.2, 0.25) is 18.1 Å². The first-order valence-electron chi connectivity index (χ1n) is 7.64. The number of aryl methyl sites for hydroxylation is 1. The predicted molar refractivity (Wildman–Crippen MR) is 98.0 cm³/mol. The van der Waals surface area contributed by atoms with Crippen molar-refractivity contribution < 1.29 is 4.43 Å². The fourth-order valence-corrected chi connectivity index (χ4v) is 3.55. The number of rotatable bonds is 5. The van der Waals surface area contributed by atoms with Crippen molar-refractivity contribution in [3.63, 3.8) is 0 Å². The van der Waals surface area contributed by atoms with Crippen molar-refractivity contribution in [2.75, 3.05) is 6.61 Å². The number of benzene rings is 1. The lowest BCUT2D eigenvalue weighted by Gasteiger charge is -2.36. The van der Waals surface area contributed by atoms with Gasteiger partial charge in [0.1, 0.15) is 0 Å². The van der Waals surface area contributed by atoms with Crippen LogP contribution in [-0.4, -0.2) is 24.5 Å². The van der Waals surface area contributed by atoms with Crippen LogP contribution >= 0.6 is 15.9 Å². The molecule has 2 aromatic rings. The molecule has 2 rings (SSSR count). The molecular weight excluding hydrogens is 360 g/mol. The van der Waals surface area contributed by atoms with E-state index in [1.54, 1.807) is 4.57 Å². The Morgan fingerprint density at radius 1 is 1.32 bits per heavy atom. The zero-order valence-electron chi connectivity index (χ0n) is 14.0. The summed E-state index contributed by atoms with van der Waals surface area (Å²) in [7, 11) is -1.71. The Balaban J connectivity index is 2.03. The lowest BCUT2D eigenvalue weighted by Crippen LogP contribution is -2.41. The van der Waals surface area contributed by atoms with Gasteiger partial charge in [-0.3, -0.25) is 4.57 Å². The van der Waals surface area contributed by atoms with E-state index in [9.17, 15) is 4.79 Å². The molecule has 0 saturated heterocycles. The van der Waals surface area contributed by atoms with Crippen molar-refractivity contribution >= 4 is 35.3 Å². The third kappa shape index (κ3) is 3.72. The second-order valence-corrected chi connectivity index (χ2v) is 12.9. The van der Waals surface area contributed by atoms with Crippen molar-refractivity contribution in [3.05, 3.63) is 33.2 Å². The van der Waals surface area contributed by atoms with Crippen LogP contribution in [0.5, 0.6) is 0 Å². The first kappa shape index (κ1) is 17.5. The van der Waals surface area contributed by atoms with Gasteiger partial charge in [-0.05, 0) is 42.8 Å². The maximum Gasteiger partial charge on any atom is 0.326 e. The summed E-state index contributed by atoms with van der Waals surface area (Å²) in [6.07, 6.45) is 0.839. The number of aromatic amines is 1. The number of hydrogen-bond acceptors (Lipinski definition) is 2. The van der Waals surface area contributed by atoms with Crippen molar-refractivity contribution in [2.24, 2.45) is 0 Å². The van der Waals surface area contributed by atoms with Gasteiger partial charge in [-0.25, -0.2) is 4.79 Å². The number of aromatic nitrogens is 2. The summed E-state index contributed by atoms with van der Waals surface area (Å²) in [6, 6.07) is 5.83. The monoisotopic (exact) mass is 384 g/mol. The number of nitrogens with one attached hydrogen (secondary N) is 1. The van der Waals surface area contributed by atoms with Crippen LogP contribution in [0.1, 0.15) is 27.2 Å². The SMILES string of the molecule is CC(C)(C)[Si](C)(C)OCCCn1c(=O)[nH]c2ccc(Br)cc21.